The predicted molar refractivity (Wildman–Crippen MR) is 115 cm³/mol. The first-order valence-electron chi connectivity index (χ1n) is 11.5. The fraction of sp³-hybridized carbons (Fsp3) is 0.955. The molecule has 1 atom stereocenters. The van der Waals surface area contributed by atoms with Gasteiger partial charge in [-0.25, -0.2) is 8.42 Å². The largest absolute Gasteiger partial charge is 1.00 e. The second-order valence-electron chi connectivity index (χ2n) is 8.42. The zero-order chi connectivity index (χ0) is 22.0. The van der Waals surface area contributed by atoms with E-state index >= 15 is 0 Å². The Hall–Kier alpha value is 0.340. The van der Waals surface area contributed by atoms with E-state index in [1.54, 1.807) is 0 Å². The van der Waals surface area contributed by atoms with E-state index in [9.17, 15) is 17.8 Å². The van der Waals surface area contributed by atoms with Gasteiger partial charge in [-0.2, -0.15) is 0 Å². The number of carbonyl (C=O) groups excluding carboxylic acids is 1. The summed E-state index contributed by atoms with van der Waals surface area (Å²) in [6, 6.07) is 0. The molecule has 0 radical (unpaired) electrons. The first-order chi connectivity index (χ1) is 13.7. The van der Waals surface area contributed by atoms with Crippen molar-refractivity contribution in [3.8, 4) is 0 Å². The van der Waals surface area contributed by atoms with Gasteiger partial charge in [0.25, 0.3) is 0 Å². The molecule has 0 aromatic heterocycles. The molecule has 0 unspecified atom stereocenters. The van der Waals surface area contributed by atoms with Crippen LogP contribution in [0.15, 0.2) is 0 Å². The Kier molecular flexibility index (Phi) is 23.0. The van der Waals surface area contributed by atoms with Crippen LogP contribution in [0.2, 0.25) is 0 Å². The average molecular weight is 459 g/mol. The van der Waals surface area contributed by atoms with Crippen molar-refractivity contribution in [3.63, 3.8) is 0 Å². The summed E-state index contributed by atoms with van der Waals surface area (Å²) in [4.78, 5) is 11.5. The Morgan fingerprint density at radius 1 is 0.833 bits per heavy atom. The number of hydrogen-bond donors (Lipinski definition) is 0. The Morgan fingerprint density at radius 2 is 1.30 bits per heavy atom. The minimum atomic E-state index is -4.64. The zero-order valence-corrected chi connectivity index (χ0v) is 22.6. The van der Waals surface area contributed by atoms with E-state index in [4.69, 9.17) is 8.92 Å². The van der Waals surface area contributed by atoms with E-state index in [0.717, 1.165) is 57.8 Å². The molecule has 0 heterocycles. The first kappa shape index (κ1) is 32.5. The van der Waals surface area contributed by atoms with E-state index in [0.29, 0.717) is 31.8 Å². The number of ether oxygens (including phenoxy) is 1. The second kappa shape index (κ2) is 21.2. The molecule has 0 rings (SSSR count). The molecule has 6 nitrogen and oxygen atoms in total. The number of hydrogen-bond acceptors (Lipinski definition) is 6. The summed E-state index contributed by atoms with van der Waals surface area (Å²) in [5.74, 6) is 0.247. The van der Waals surface area contributed by atoms with Crippen molar-refractivity contribution in [1.29, 1.82) is 0 Å². The maximum absolute atomic E-state index is 11.5. The number of unbranched alkanes of at least 4 members (excludes halogenated alkanes) is 10. The predicted octanol–water partition coefficient (Wildman–Crippen LogP) is 2.91. The summed E-state index contributed by atoms with van der Waals surface area (Å²) >= 11 is 0. The van der Waals surface area contributed by atoms with Crippen LogP contribution in [-0.2, 0) is 24.1 Å². The maximum Gasteiger partial charge on any atom is 1.00 e. The molecule has 8 heteroatoms. The van der Waals surface area contributed by atoms with Gasteiger partial charge >= 0.3 is 35.5 Å². The van der Waals surface area contributed by atoms with Gasteiger partial charge < -0.3 is 9.29 Å². The summed E-state index contributed by atoms with van der Waals surface area (Å²) in [5.41, 5.74) is 0. The molecule has 30 heavy (non-hydrogen) atoms. The number of carbonyl (C=O) groups is 1. The van der Waals surface area contributed by atoms with Gasteiger partial charge in [0, 0.05) is 6.42 Å². The molecule has 0 spiro atoms. The molecule has 0 saturated carbocycles. The Labute approximate surface area is 207 Å². The minimum absolute atomic E-state index is 0. The van der Waals surface area contributed by atoms with E-state index in [2.05, 4.69) is 6.92 Å². The van der Waals surface area contributed by atoms with Crippen LogP contribution in [0.3, 0.4) is 0 Å². The van der Waals surface area contributed by atoms with Crippen LogP contribution in [0.1, 0.15) is 117 Å². The van der Waals surface area contributed by atoms with Crippen LogP contribution in [0.5, 0.6) is 0 Å². The fourth-order valence-corrected chi connectivity index (χ4v) is 3.77. The molecular formula is C22H43NaO6S. The van der Waals surface area contributed by atoms with Gasteiger partial charge in [-0.1, -0.05) is 91.4 Å². The molecule has 0 bridgehead atoms. The van der Waals surface area contributed by atoms with Crippen molar-refractivity contribution in [3.05, 3.63) is 0 Å². The first-order valence-corrected chi connectivity index (χ1v) is 12.9. The molecule has 0 aromatic rings. The fourth-order valence-electron chi connectivity index (χ4n) is 3.24. The van der Waals surface area contributed by atoms with Crippen molar-refractivity contribution < 1.29 is 56.2 Å². The topological polar surface area (TPSA) is 92.7 Å². The summed E-state index contributed by atoms with van der Waals surface area (Å²) < 4.78 is 42.7. The Morgan fingerprint density at radius 3 is 1.77 bits per heavy atom. The normalized spacial score (nSPS) is 12.6. The Bertz CT molecular complexity index is 496. The van der Waals surface area contributed by atoms with Crippen LogP contribution in [0.25, 0.3) is 0 Å². The van der Waals surface area contributed by atoms with Gasteiger partial charge in [-0.15, -0.1) is 0 Å². The van der Waals surface area contributed by atoms with E-state index < -0.39 is 16.5 Å². The van der Waals surface area contributed by atoms with Gasteiger partial charge in [0.2, 0.25) is 10.4 Å². The summed E-state index contributed by atoms with van der Waals surface area (Å²) in [7, 11) is -4.64. The van der Waals surface area contributed by atoms with Crippen molar-refractivity contribution in [2.75, 3.05) is 6.61 Å². The average Bonchev–Trinajstić information content (AvgIpc) is 2.63. The van der Waals surface area contributed by atoms with E-state index in [-0.39, 0.29) is 35.5 Å². The van der Waals surface area contributed by atoms with Gasteiger partial charge in [-0.3, -0.25) is 8.98 Å². The van der Waals surface area contributed by atoms with E-state index in [1.807, 2.05) is 13.8 Å². The van der Waals surface area contributed by atoms with Gasteiger partial charge in [0.05, 0.1) is 12.7 Å². The molecule has 0 aliphatic carbocycles. The quantitative estimate of drug-likeness (QED) is 0.0916. The SMILES string of the molecule is CCCCCCCC[C@@H](CCCCCCCCC(=O)OCC(C)C)OS(=O)(=O)[O-].[Na+]. The molecular weight excluding hydrogens is 415 g/mol. The Balaban J connectivity index is 0. The molecule has 0 amide bonds. The molecule has 0 saturated heterocycles. The molecule has 0 N–H and O–H groups in total. The third-order valence-corrected chi connectivity index (χ3v) is 5.38. The zero-order valence-electron chi connectivity index (χ0n) is 19.8. The van der Waals surface area contributed by atoms with Gasteiger partial charge in [0.15, 0.2) is 0 Å². The standard InChI is InChI=1S/C22H44O6S.Na/c1-4-5-6-7-10-13-16-21(28-29(24,25)26)17-14-11-8-9-12-15-18-22(23)27-19-20(2)3;/h20-21H,4-19H2,1-3H3,(H,24,25,26);/q;+1/p-1/t21-;/m0./s1. The third kappa shape index (κ3) is 24.6. The van der Waals surface area contributed by atoms with E-state index in [1.165, 1.54) is 19.3 Å². The monoisotopic (exact) mass is 458 g/mol. The van der Waals surface area contributed by atoms with Crippen molar-refractivity contribution in [2.24, 2.45) is 5.92 Å². The van der Waals surface area contributed by atoms with Crippen LogP contribution in [0, 0.1) is 5.92 Å². The molecule has 174 valence electrons. The van der Waals surface area contributed by atoms with Crippen LogP contribution >= 0.6 is 0 Å². The maximum atomic E-state index is 11.5. The summed E-state index contributed by atoms with van der Waals surface area (Å²) in [5, 5.41) is 0. The van der Waals surface area contributed by atoms with Crippen LogP contribution in [-0.4, -0.2) is 31.7 Å². The molecule has 0 fully saturated rings. The molecule has 0 aromatic carbocycles. The van der Waals surface area contributed by atoms with Gasteiger partial charge in [-0.05, 0) is 25.2 Å². The second-order valence-corrected chi connectivity index (χ2v) is 9.43. The number of esters is 1. The molecule has 0 aliphatic heterocycles. The van der Waals surface area contributed by atoms with Gasteiger partial charge in [0.1, 0.15) is 0 Å². The van der Waals surface area contributed by atoms with Crippen molar-refractivity contribution in [1.82, 2.24) is 0 Å². The van der Waals surface area contributed by atoms with Crippen LogP contribution in [0.4, 0.5) is 0 Å². The minimum Gasteiger partial charge on any atom is -0.726 e. The van der Waals surface area contributed by atoms with Crippen LogP contribution < -0.4 is 29.6 Å². The summed E-state index contributed by atoms with van der Waals surface area (Å²) in [6.45, 7) is 6.69. The van der Waals surface area contributed by atoms with Crippen molar-refractivity contribution in [2.45, 2.75) is 123 Å². The smallest absolute Gasteiger partial charge is 0.726 e. The number of rotatable bonds is 20. The summed E-state index contributed by atoms with van der Waals surface area (Å²) in [6.07, 6.45) is 13.7. The third-order valence-electron chi connectivity index (χ3n) is 4.87. The molecule has 0 aliphatic rings. The van der Waals surface area contributed by atoms with Crippen molar-refractivity contribution >= 4 is 16.4 Å².